The Kier molecular flexibility index (Phi) is 6.29. The number of thioether (sulfide) groups is 1. The normalized spacial score (nSPS) is 17.5. The van der Waals surface area contributed by atoms with Gasteiger partial charge in [0.15, 0.2) is 0 Å². The van der Waals surface area contributed by atoms with Crippen LogP contribution in [0.2, 0.25) is 5.02 Å². The lowest BCUT2D eigenvalue weighted by Gasteiger charge is -2.25. The van der Waals surface area contributed by atoms with Crippen molar-refractivity contribution in [1.82, 2.24) is 5.32 Å². The molecule has 126 valence electrons. The van der Waals surface area contributed by atoms with E-state index in [1.54, 1.807) is 32.0 Å². The highest BCUT2D eigenvalue weighted by molar-refractivity contribution is 8.03. The molecule has 0 spiro atoms. The number of nitrogens with one attached hydrogen (secondary N) is 1. The van der Waals surface area contributed by atoms with E-state index in [9.17, 15) is 14.9 Å². The predicted molar refractivity (Wildman–Crippen MR) is 93.3 cm³/mol. The van der Waals surface area contributed by atoms with E-state index in [1.165, 1.54) is 0 Å². The number of carbonyl (C=O) groups excluding carboxylic acids is 2. The number of rotatable bonds is 5. The van der Waals surface area contributed by atoms with Crippen molar-refractivity contribution in [2.45, 2.75) is 32.3 Å². The van der Waals surface area contributed by atoms with Gasteiger partial charge in [-0.2, -0.15) is 5.26 Å². The van der Waals surface area contributed by atoms with Gasteiger partial charge in [0.05, 0.1) is 28.5 Å². The van der Waals surface area contributed by atoms with Crippen LogP contribution in [-0.4, -0.2) is 23.7 Å². The molecular weight excluding hydrogens is 348 g/mol. The van der Waals surface area contributed by atoms with Gasteiger partial charge in [0.25, 0.3) is 0 Å². The first-order valence-corrected chi connectivity index (χ1v) is 8.79. The molecule has 5 nitrogen and oxygen atoms in total. The number of halogens is 1. The zero-order valence-electron chi connectivity index (χ0n) is 13.3. The van der Waals surface area contributed by atoms with Crippen molar-refractivity contribution >= 4 is 35.2 Å². The Hall–Kier alpha value is -1.97. The van der Waals surface area contributed by atoms with Gasteiger partial charge in [-0.05, 0) is 25.5 Å². The summed E-state index contributed by atoms with van der Waals surface area (Å²) < 4.78 is 5.07. The third-order valence-electron chi connectivity index (χ3n) is 3.34. The second kappa shape index (κ2) is 8.22. The van der Waals surface area contributed by atoms with Crippen LogP contribution in [0.25, 0.3) is 0 Å². The van der Waals surface area contributed by atoms with Crippen LogP contribution in [0, 0.1) is 11.3 Å². The highest BCUT2D eigenvalue weighted by atomic mass is 35.5. The first-order chi connectivity index (χ1) is 11.4. The molecule has 0 saturated heterocycles. The van der Waals surface area contributed by atoms with E-state index < -0.39 is 11.9 Å². The van der Waals surface area contributed by atoms with Crippen LogP contribution < -0.4 is 5.32 Å². The van der Waals surface area contributed by atoms with Gasteiger partial charge in [-0.15, -0.1) is 0 Å². The smallest absolute Gasteiger partial charge is 0.316 e. The van der Waals surface area contributed by atoms with Gasteiger partial charge in [0, 0.05) is 17.4 Å². The van der Waals surface area contributed by atoms with Gasteiger partial charge in [-0.3, -0.25) is 9.59 Å². The molecule has 1 N–H and O–H groups in total. The minimum atomic E-state index is -0.416. The topological polar surface area (TPSA) is 79.2 Å². The van der Waals surface area contributed by atoms with E-state index in [4.69, 9.17) is 16.3 Å². The first-order valence-electron chi connectivity index (χ1n) is 7.43. The Labute approximate surface area is 150 Å². The summed E-state index contributed by atoms with van der Waals surface area (Å²) in [5, 5.41) is 13.1. The lowest BCUT2D eigenvalue weighted by molar-refractivity contribution is -0.144. The number of benzene rings is 1. The van der Waals surface area contributed by atoms with Gasteiger partial charge < -0.3 is 10.1 Å². The average molecular weight is 365 g/mol. The quantitative estimate of drug-likeness (QED) is 0.810. The van der Waals surface area contributed by atoms with Crippen molar-refractivity contribution in [3.05, 3.63) is 45.5 Å². The Morgan fingerprint density at radius 3 is 2.83 bits per heavy atom. The molecule has 7 heteroatoms. The molecule has 1 aliphatic heterocycles. The molecule has 0 bridgehead atoms. The van der Waals surface area contributed by atoms with Gasteiger partial charge in [-0.1, -0.05) is 41.6 Å². The van der Waals surface area contributed by atoms with Crippen LogP contribution in [0.15, 0.2) is 34.9 Å². The van der Waals surface area contributed by atoms with Gasteiger partial charge in [0.1, 0.15) is 0 Å². The van der Waals surface area contributed by atoms with Crippen LogP contribution in [0.4, 0.5) is 0 Å². The number of allylic oxidation sites excluding steroid dienone is 1. The summed E-state index contributed by atoms with van der Waals surface area (Å²) in [6, 6.07) is 9.29. The third kappa shape index (κ3) is 4.53. The molecule has 0 saturated carbocycles. The molecule has 1 aromatic rings. The average Bonchev–Trinajstić information content (AvgIpc) is 2.52. The predicted octanol–water partition coefficient (Wildman–Crippen LogP) is 3.36. The summed E-state index contributed by atoms with van der Waals surface area (Å²) in [6.07, 6.45) is -0.0630. The molecule has 1 heterocycles. The fourth-order valence-electron chi connectivity index (χ4n) is 2.38. The number of hydrogen-bond donors (Lipinski definition) is 1. The zero-order valence-corrected chi connectivity index (χ0v) is 14.9. The Bertz CT molecular complexity index is 725. The van der Waals surface area contributed by atoms with E-state index >= 15 is 0 Å². The van der Waals surface area contributed by atoms with Crippen molar-refractivity contribution in [3.8, 4) is 6.07 Å². The molecule has 1 aliphatic rings. The summed E-state index contributed by atoms with van der Waals surface area (Å²) in [7, 11) is 0. The summed E-state index contributed by atoms with van der Waals surface area (Å²) in [5.41, 5.74) is 1.14. The molecule has 0 aromatic heterocycles. The van der Waals surface area contributed by atoms with Gasteiger partial charge in [-0.25, -0.2) is 0 Å². The number of esters is 1. The summed E-state index contributed by atoms with van der Waals surface area (Å²) in [5.74, 6) is -0.998. The molecule has 0 radical (unpaired) electrons. The number of amides is 1. The fourth-order valence-corrected chi connectivity index (χ4v) is 3.51. The Morgan fingerprint density at radius 1 is 1.50 bits per heavy atom. The molecular formula is C17H17ClN2O3S. The van der Waals surface area contributed by atoms with E-state index in [0.29, 0.717) is 15.6 Å². The van der Waals surface area contributed by atoms with Crippen molar-refractivity contribution in [3.63, 3.8) is 0 Å². The van der Waals surface area contributed by atoms with Crippen molar-refractivity contribution in [1.29, 1.82) is 5.26 Å². The number of nitriles is 1. The fraction of sp³-hybridized carbons (Fsp3) is 0.353. The van der Waals surface area contributed by atoms with Crippen LogP contribution >= 0.6 is 23.4 Å². The van der Waals surface area contributed by atoms with E-state index in [2.05, 4.69) is 11.4 Å². The monoisotopic (exact) mass is 364 g/mol. The summed E-state index contributed by atoms with van der Waals surface area (Å²) in [4.78, 5) is 23.7. The van der Waals surface area contributed by atoms with Crippen LogP contribution in [0.3, 0.4) is 0 Å². The Morgan fingerprint density at radius 2 is 2.21 bits per heavy atom. The van der Waals surface area contributed by atoms with Crippen LogP contribution in [-0.2, 0) is 14.3 Å². The minimum absolute atomic E-state index is 0.0220. The third-order valence-corrected chi connectivity index (χ3v) is 4.67. The SMILES string of the molecule is CC(C)OC(=O)CSC1=C(C#N)C(c2ccccc2Cl)CC(=O)N1. The first kappa shape index (κ1) is 18.4. The molecule has 1 aromatic carbocycles. The molecule has 0 fully saturated rings. The molecule has 1 amide bonds. The summed E-state index contributed by atoms with van der Waals surface area (Å²) in [6.45, 7) is 3.52. The maximum atomic E-state index is 12.0. The summed E-state index contributed by atoms with van der Waals surface area (Å²) >= 11 is 7.31. The number of ether oxygens (including phenoxy) is 1. The van der Waals surface area contributed by atoms with Crippen molar-refractivity contribution in [2.75, 3.05) is 5.75 Å². The van der Waals surface area contributed by atoms with E-state index in [1.807, 2.05) is 6.07 Å². The van der Waals surface area contributed by atoms with E-state index in [-0.39, 0.29) is 24.2 Å². The maximum absolute atomic E-state index is 12.0. The van der Waals surface area contributed by atoms with Crippen molar-refractivity contribution in [2.24, 2.45) is 0 Å². The molecule has 2 rings (SSSR count). The lowest BCUT2D eigenvalue weighted by atomic mass is 9.87. The number of nitrogens with zero attached hydrogens (tertiary/aromatic N) is 1. The molecule has 1 unspecified atom stereocenters. The highest BCUT2D eigenvalue weighted by Gasteiger charge is 2.31. The van der Waals surface area contributed by atoms with E-state index in [0.717, 1.165) is 17.3 Å². The largest absolute Gasteiger partial charge is 0.462 e. The second-order valence-electron chi connectivity index (χ2n) is 5.51. The maximum Gasteiger partial charge on any atom is 0.316 e. The zero-order chi connectivity index (χ0) is 17.7. The van der Waals surface area contributed by atoms with Crippen LogP contribution in [0.5, 0.6) is 0 Å². The molecule has 0 aliphatic carbocycles. The van der Waals surface area contributed by atoms with Gasteiger partial charge >= 0.3 is 5.97 Å². The highest BCUT2D eigenvalue weighted by Crippen LogP contribution is 2.38. The standard InChI is InChI=1S/C17H17ClN2O3S/c1-10(2)23-16(22)9-24-17-13(8-19)12(7-15(21)20-17)11-5-3-4-6-14(11)18/h3-6,10,12H,7,9H2,1-2H3,(H,20,21). The number of carbonyl (C=O) groups is 2. The lowest BCUT2D eigenvalue weighted by Crippen LogP contribution is -2.31. The van der Waals surface area contributed by atoms with Crippen LogP contribution in [0.1, 0.15) is 31.7 Å². The molecule has 24 heavy (non-hydrogen) atoms. The van der Waals surface area contributed by atoms with Gasteiger partial charge in [0.2, 0.25) is 5.91 Å². The second-order valence-corrected chi connectivity index (χ2v) is 6.90. The Balaban J connectivity index is 2.27. The van der Waals surface area contributed by atoms with Crippen molar-refractivity contribution < 1.29 is 14.3 Å². The minimum Gasteiger partial charge on any atom is -0.462 e. The number of hydrogen-bond acceptors (Lipinski definition) is 5. The molecule has 1 atom stereocenters.